The van der Waals surface area contributed by atoms with Crippen molar-refractivity contribution in [3.63, 3.8) is 0 Å². The molecule has 1 N–H and O–H groups in total. The van der Waals surface area contributed by atoms with Crippen LogP contribution in [0.3, 0.4) is 0 Å². The van der Waals surface area contributed by atoms with Gasteiger partial charge >= 0.3 is 0 Å². The monoisotopic (exact) mass is 273 g/mol. The van der Waals surface area contributed by atoms with Crippen molar-refractivity contribution >= 4 is 31.9 Å². The molecule has 0 saturated carbocycles. The summed E-state index contributed by atoms with van der Waals surface area (Å²) in [4.78, 5) is 2.46. The first-order valence-electron chi connectivity index (χ1n) is 2.43. The third-order valence-corrected chi connectivity index (χ3v) is 2.76. The molecule has 5 heteroatoms. The topological polar surface area (TPSA) is 15.8 Å². The Bertz CT molecular complexity index is 214. The molecular weight excluding hydrogens is 272 g/mol. The molecule has 0 aliphatic carbocycles. The van der Waals surface area contributed by atoms with Crippen LogP contribution in [0.15, 0.2) is 15.1 Å². The van der Waals surface area contributed by atoms with Gasteiger partial charge in [0.1, 0.15) is 0 Å². The maximum atomic E-state index is 11.9. The van der Waals surface area contributed by atoms with E-state index in [1.54, 1.807) is 0 Å². The summed E-state index contributed by atoms with van der Waals surface area (Å²) in [6.45, 7) is 0. The fraction of sp³-hybridized carbons (Fsp3) is 0.200. The Morgan fingerprint density at radius 3 is 2.20 bits per heavy atom. The van der Waals surface area contributed by atoms with Crippen LogP contribution in [0.4, 0.5) is 8.78 Å². The molecule has 0 amide bonds. The van der Waals surface area contributed by atoms with Crippen LogP contribution in [0.2, 0.25) is 0 Å². The van der Waals surface area contributed by atoms with Gasteiger partial charge in [-0.1, -0.05) is 0 Å². The van der Waals surface area contributed by atoms with Crippen LogP contribution in [0.25, 0.3) is 0 Å². The minimum atomic E-state index is -2.44. The first kappa shape index (κ1) is 8.20. The second kappa shape index (κ2) is 3.00. The van der Waals surface area contributed by atoms with Crippen molar-refractivity contribution in [2.75, 3.05) is 0 Å². The van der Waals surface area contributed by atoms with Crippen molar-refractivity contribution < 1.29 is 8.78 Å². The van der Waals surface area contributed by atoms with E-state index in [2.05, 4.69) is 36.8 Å². The lowest BCUT2D eigenvalue weighted by molar-refractivity contribution is 0.146. The molecule has 0 aliphatic heterocycles. The Balaban J connectivity index is 2.98. The van der Waals surface area contributed by atoms with E-state index in [-0.39, 0.29) is 5.69 Å². The fourth-order valence-electron chi connectivity index (χ4n) is 0.540. The van der Waals surface area contributed by atoms with Gasteiger partial charge in [0.25, 0.3) is 6.43 Å². The number of hydrogen-bond acceptors (Lipinski definition) is 0. The fourth-order valence-corrected chi connectivity index (χ4v) is 1.23. The van der Waals surface area contributed by atoms with Gasteiger partial charge in [-0.05, 0) is 37.9 Å². The molecule has 0 aromatic carbocycles. The molecule has 0 aliphatic rings. The van der Waals surface area contributed by atoms with Crippen molar-refractivity contribution in [1.82, 2.24) is 4.98 Å². The van der Waals surface area contributed by atoms with E-state index in [0.29, 0.717) is 9.08 Å². The highest BCUT2D eigenvalue weighted by atomic mass is 79.9. The highest BCUT2D eigenvalue weighted by Gasteiger charge is 2.11. The summed E-state index contributed by atoms with van der Waals surface area (Å²) < 4.78 is 24.9. The molecule has 0 fully saturated rings. The zero-order valence-electron chi connectivity index (χ0n) is 4.67. The lowest BCUT2D eigenvalue weighted by atomic mass is 10.5. The minimum absolute atomic E-state index is 0.0845. The molecule has 1 aromatic heterocycles. The summed E-state index contributed by atoms with van der Waals surface area (Å²) in [5.41, 5.74) is -0.0845. The highest BCUT2D eigenvalue weighted by molar-refractivity contribution is 9.13. The second-order valence-corrected chi connectivity index (χ2v) is 3.33. The molecule has 0 saturated heterocycles. The number of aromatic nitrogens is 1. The number of halogens is 4. The number of H-pyrrole nitrogens is 1. The van der Waals surface area contributed by atoms with E-state index >= 15 is 0 Å². The van der Waals surface area contributed by atoms with Crippen LogP contribution in [0, 0.1) is 0 Å². The summed E-state index contributed by atoms with van der Waals surface area (Å²) >= 11 is 6.12. The van der Waals surface area contributed by atoms with Gasteiger partial charge in [-0.2, -0.15) is 0 Å². The predicted molar refractivity (Wildman–Crippen MR) is 41.1 cm³/mol. The van der Waals surface area contributed by atoms with Crippen molar-refractivity contribution in [3.05, 3.63) is 20.8 Å². The van der Waals surface area contributed by atoms with E-state index in [9.17, 15) is 8.78 Å². The van der Waals surface area contributed by atoms with Crippen LogP contribution < -0.4 is 0 Å². The predicted octanol–water partition coefficient (Wildman–Crippen LogP) is 3.48. The van der Waals surface area contributed by atoms with Gasteiger partial charge in [0.05, 0.1) is 14.8 Å². The molecule has 1 nitrogen and oxygen atoms in total. The van der Waals surface area contributed by atoms with E-state index in [0.717, 1.165) is 0 Å². The van der Waals surface area contributed by atoms with Gasteiger partial charge in [0.15, 0.2) is 0 Å². The zero-order valence-corrected chi connectivity index (χ0v) is 7.84. The summed E-state index contributed by atoms with van der Waals surface area (Å²) in [6, 6.07) is 1.34. The first-order valence-corrected chi connectivity index (χ1v) is 4.02. The number of aromatic amines is 1. The van der Waals surface area contributed by atoms with Crippen molar-refractivity contribution in [1.29, 1.82) is 0 Å². The molecule has 56 valence electrons. The first-order chi connectivity index (χ1) is 4.61. The van der Waals surface area contributed by atoms with Crippen LogP contribution in [0.5, 0.6) is 0 Å². The Hall–Kier alpha value is 0.1000. The van der Waals surface area contributed by atoms with E-state index in [4.69, 9.17) is 0 Å². The lowest BCUT2D eigenvalue weighted by Crippen LogP contribution is -1.80. The van der Waals surface area contributed by atoms with Crippen molar-refractivity contribution in [3.8, 4) is 0 Å². The second-order valence-electron chi connectivity index (χ2n) is 1.69. The molecule has 0 radical (unpaired) electrons. The average Bonchev–Trinajstić information content (AvgIpc) is 2.13. The summed E-state index contributed by atoms with van der Waals surface area (Å²) in [5, 5.41) is 0. The van der Waals surface area contributed by atoms with E-state index in [1.165, 1.54) is 6.07 Å². The normalized spacial score (nSPS) is 10.9. The van der Waals surface area contributed by atoms with Gasteiger partial charge in [-0.3, -0.25) is 0 Å². The summed E-state index contributed by atoms with van der Waals surface area (Å²) in [7, 11) is 0. The quantitative estimate of drug-likeness (QED) is 0.807. The van der Waals surface area contributed by atoms with Crippen molar-refractivity contribution in [2.45, 2.75) is 6.43 Å². The Kier molecular flexibility index (Phi) is 2.46. The van der Waals surface area contributed by atoms with Gasteiger partial charge in [-0.15, -0.1) is 0 Å². The Labute approximate surface area is 73.1 Å². The molecule has 1 aromatic rings. The Morgan fingerprint density at radius 1 is 1.40 bits per heavy atom. The van der Waals surface area contributed by atoms with Crippen LogP contribution in [-0.2, 0) is 0 Å². The highest BCUT2D eigenvalue weighted by Crippen LogP contribution is 2.27. The summed E-state index contributed by atoms with van der Waals surface area (Å²) in [6.07, 6.45) is -2.44. The molecule has 10 heavy (non-hydrogen) atoms. The SMILES string of the molecule is FC(F)c1cc(Br)c(Br)[nH]1. The largest absolute Gasteiger partial charge is 0.348 e. The number of alkyl halides is 2. The Morgan fingerprint density at radius 2 is 2.00 bits per heavy atom. The molecule has 0 spiro atoms. The van der Waals surface area contributed by atoms with Gasteiger partial charge in [0, 0.05) is 0 Å². The van der Waals surface area contributed by atoms with Gasteiger partial charge in [0.2, 0.25) is 0 Å². The molecule has 0 atom stereocenters. The van der Waals surface area contributed by atoms with Crippen LogP contribution in [0.1, 0.15) is 12.1 Å². The van der Waals surface area contributed by atoms with Gasteiger partial charge in [-0.25, -0.2) is 8.78 Å². The van der Waals surface area contributed by atoms with E-state index in [1.807, 2.05) is 0 Å². The lowest BCUT2D eigenvalue weighted by Gasteiger charge is -1.89. The maximum Gasteiger partial charge on any atom is 0.278 e. The van der Waals surface area contributed by atoms with E-state index < -0.39 is 6.43 Å². The molecule has 1 rings (SSSR count). The van der Waals surface area contributed by atoms with Gasteiger partial charge < -0.3 is 4.98 Å². The smallest absolute Gasteiger partial charge is 0.278 e. The number of nitrogens with one attached hydrogen (secondary N) is 1. The zero-order chi connectivity index (χ0) is 7.72. The summed E-state index contributed by atoms with van der Waals surface area (Å²) in [5.74, 6) is 0. The molecule has 0 unspecified atom stereocenters. The third kappa shape index (κ3) is 1.58. The molecule has 1 heterocycles. The molecule has 0 bridgehead atoms. The molecular formula is C5H3Br2F2N. The average molecular weight is 275 g/mol. The maximum absolute atomic E-state index is 11.9. The number of hydrogen-bond donors (Lipinski definition) is 1. The van der Waals surface area contributed by atoms with Crippen molar-refractivity contribution in [2.24, 2.45) is 0 Å². The minimum Gasteiger partial charge on any atom is -0.348 e. The number of rotatable bonds is 1. The van der Waals surface area contributed by atoms with Crippen LogP contribution >= 0.6 is 31.9 Å². The van der Waals surface area contributed by atoms with Crippen LogP contribution in [-0.4, -0.2) is 4.98 Å². The standard InChI is InChI=1S/C5H3Br2F2N/c6-2-1-3(5(8)9)10-4(2)7/h1,5,10H. The third-order valence-electron chi connectivity index (χ3n) is 0.981.